The first kappa shape index (κ1) is 11.7. The molecule has 0 heterocycles. The number of benzene rings is 1. The van der Waals surface area contributed by atoms with Crippen LogP contribution in [0, 0.1) is 0 Å². The van der Waals surface area contributed by atoms with Crippen LogP contribution in [0.4, 0.5) is 5.69 Å². The van der Waals surface area contributed by atoms with E-state index in [1.807, 2.05) is 30.5 Å². The predicted molar refractivity (Wildman–Crippen MR) is 66.4 cm³/mol. The first-order valence-electron chi connectivity index (χ1n) is 5.03. The molecule has 0 saturated carbocycles. The summed E-state index contributed by atoms with van der Waals surface area (Å²) < 4.78 is 0. The van der Waals surface area contributed by atoms with Gasteiger partial charge in [0.1, 0.15) is 0 Å². The molecule has 0 aliphatic rings. The molecule has 0 saturated heterocycles. The third-order valence-electron chi connectivity index (χ3n) is 2.19. The van der Waals surface area contributed by atoms with Crippen LogP contribution in [-0.4, -0.2) is 18.8 Å². The number of aliphatic imine (C=N–C) groups is 1. The Morgan fingerprint density at radius 2 is 1.87 bits per heavy atom. The Hall–Kier alpha value is -1.35. The van der Waals surface area contributed by atoms with Crippen LogP contribution >= 0.6 is 0 Å². The third kappa shape index (κ3) is 2.80. The molecule has 0 bridgehead atoms. The highest BCUT2D eigenvalue weighted by Gasteiger charge is 2.19. The van der Waals surface area contributed by atoms with Gasteiger partial charge in [0.2, 0.25) is 0 Å². The molecule has 0 spiro atoms. The van der Waals surface area contributed by atoms with Gasteiger partial charge in [-0.1, -0.05) is 18.2 Å². The maximum atomic E-state index is 6.07. The average Bonchev–Trinajstić information content (AvgIpc) is 2.17. The van der Waals surface area contributed by atoms with Gasteiger partial charge >= 0.3 is 0 Å². The molecule has 0 fully saturated rings. The highest BCUT2D eigenvalue weighted by molar-refractivity contribution is 5.87. The minimum absolute atomic E-state index is 0.0995. The van der Waals surface area contributed by atoms with E-state index in [4.69, 9.17) is 5.84 Å². The Balaban J connectivity index is 3.13. The molecule has 0 atom stereocenters. The molecule has 0 aromatic heterocycles. The fraction of sp³-hybridized carbons (Fsp3) is 0.417. The van der Waals surface area contributed by atoms with Gasteiger partial charge in [-0.05, 0) is 26.8 Å². The first-order chi connectivity index (χ1) is 6.96. The van der Waals surface area contributed by atoms with Gasteiger partial charge in [0.25, 0.3) is 0 Å². The second-order valence-electron chi connectivity index (χ2n) is 4.49. The molecule has 1 aromatic rings. The van der Waals surface area contributed by atoms with Crippen molar-refractivity contribution in [1.82, 2.24) is 0 Å². The van der Waals surface area contributed by atoms with Gasteiger partial charge in [0.05, 0.1) is 5.69 Å². The first-order valence-corrected chi connectivity index (χ1v) is 5.03. The molecule has 82 valence electrons. The Bertz CT molecular complexity index is 350. The van der Waals surface area contributed by atoms with E-state index in [0.717, 1.165) is 11.3 Å². The fourth-order valence-corrected chi connectivity index (χ4v) is 1.32. The van der Waals surface area contributed by atoms with Crippen LogP contribution in [0.2, 0.25) is 0 Å². The number of hydrogen-bond acceptors (Lipinski definition) is 3. The SMILES string of the molecule is C/N=C\c1ccccc1N(N)C(C)(C)C. The van der Waals surface area contributed by atoms with Crippen LogP contribution in [0.5, 0.6) is 0 Å². The molecular weight excluding hydrogens is 186 g/mol. The van der Waals surface area contributed by atoms with Gasteiger partial charge in [0, 0.05) is 24.4 Å². The van der Waals surface area contributed by atoms with Crippen molar-refractivity contribution < 1.29 is 0 Å². The number of hydrazine groups is 1. The van der Waals surface area contributed by atoms with E-state index in [-0.39, 0.29) is 5.54 Å². The monoisotopic (exact) mass is 205 g/mol. The average molecular weight is 205 g/mol. The summed E-state index contributed by atoms with van der Waals surface area (Å²) in [5, 5.41) is 1.77. The number of hydrogen-bond donors (Lipinski definition) is 1. The van der Waals surface area contributed by atoms with Crippen molar-refractivity contribution in [2.45, 2.75) is 26.3 Å². The summed E-state index contributed by atoms with van der Waals surface area (Å²) in [6, 6.07) is 7.97. The second kappa shape index (κ2) is 4.45. The highest BCUT2D eigenvalue weighted by Crippen LogP contribution is 2.22. The molecule has 0 radical (unpaired) electrons. The molecule has 0 aliphatic carbocycles. The van der Waals surface area contributed by atoms with E-state index in [1.165, 1.54) is 0 Å². The number of nitrogens with zero attached hydrogens (tertiary/aromatic N) is 2. The minimum atomic E-state index is -0.0995. The van der Waals surface area contributed by atoms with Gasteiger partial charge < -0.3 is 5.01 Å². The van der Waals surface area contributed by atoms with Crippen LogP contribution in [-0.2, 0) is 0 Å². The van der Waals surface area contributed by atoms with Crippen LogP contribution in [0.15, 0.2) is 29.3 Å². The van der Waals surface area contributed by atoms with E-state index >= 15 is 0 Å². The van der Waals surface area contributed by atoms with Crippen molar-refractivity contribution in [3.05, 3.63) is 29.8 Å². The number of para-hydroxylation sites is 1. The summed E-state index contributed by atoms with van der Waals surface area (Å²) in [7, 11) is 1.76. The Morgan fingerprint density at radius 3 is 2.40 bits per heavy atom. The van der Waals surface area contributed by atoms with Crippen molar-refractivity contribution in [1.29, 1.82) is 0 Å². The Kier molecular flexibility index (Phi) is 3.48. The quantitative estimate of drug-likeness (QED) is 0.457. The van der Waals surface area contributed by atoms with Gasteiger partial charge in [-0.25, -0.2) is 5.84 Å². The van der Waals surface area contributed by atoms with Crippen molar-refractivity contribution in [3.8, 4) is 0 Å². The molecule has 1 rings (SSSR count). The van der Waals surface area contributed by atoms with E-state index < -0.39 is 0 Å². The maximum Gasteiger partial charge on any atom is 0.0611 e. The lowest BCUT2D eigenvalue weighted by Crippen LogP contribution is -2.47. The van der Waals surface area contributed by atoms with Crippen molar-refractivity contribution in [2.75, 3.05) is 12.1 Å². The summed E-state index contributed by atoms with van der Waals surface area (Å²) >= 11 is 0. The van der Waals surface area contributed by atoms with Crippen LogP contribution in [0.1, 0.15) is 26.3 Å². The largest absolute Gasteiger partial charge is 0.305 e. The van der Waals surface area contributed by atoms with Crippen molar-refractivity contribution in [2.24, 2.45) is 10.8 Å². The van der Waals surface area contributed by atoms with Crippen LogP contribution < -0.4 is 10.9 Å². The van der Waals surface area contributed by atoms with E-state index in [9.17, 15) is 0 Å². The molecule has 0 aliphatic heterocycles. The Morgan fingerprint density at radius 1 is 1.27 bits per heavy atom. The van der Waals surface area contributed by atoms with E-state index in [0.29, 0.717) is 0 Å². The lowest BCUT2D eigenvalue weighted by Gasteiger charge is -2.34. The molecule has 15 heavy (non-hydrogen) atoms. The van der Waals surface area contributed by atoms with Crippen LogP contribution in [0.3, 0.4) is 0 Å². The zero-order chi connectivity index (χ0) is 11.5. The van der Waals surface area contributed by atoms with Crippen LogP contribution in [0.25, 0.3) is 0 Å². The van der Waals surface area contributed by atoms with Gasteiger partial charge in [-0.2, -0.15) is 0 Å². The van der Waals surface area contributed by atoms with E-state index in [2.05, 4.69) is 25.8 Å². The normalized spacial score (nSPS) is 12.1. The van der Waals surface area contributed by atoms with E-state index in [1.54, 1.807) is 12.1 Å². The topological polar surface area (TPSA) is 41.6 Å². The summed E-state index contributed by atoms with van der Waals surface area (Å²) in [5.41, 5.74) is 1.94. The molecule has 2 N–H and O–H groups in total. The number of anilines is 1. The third-order valence-corrected chi connectivity index (χ3v) is 2.19. The smallest absolute Gasteiger partial charge is 0.0611 e. The lowest BCUT2D eigenvalue weighted by atomic mass is 10.1. The lowest BCUT2D eigenvalue weighted by molar-refractivity contribution is 0.514. The minimum Gasteiger partial charge on any atom is -0.305 e. The van der Waals surface area contributed by atoms with Gasteiger partial charge in [-0.15, -0.1) is 0 Å². The standard InChI is InChI=1S/C12H19N3/c1-12(2,3)15(13)11-8-6-5-7-10(11)9-14-4/h5-9H,13H2,1-4H3/b14-9-. The zero-order valence-corrected chi connectivity index (χ0v) is 9.86. The summed E-state index contributed by atoms with van der Waals surface area (Å²) in [4.78, 5) is 4.02. The fourth-order valence-electron chi connectivity index (χ4n) is 1.32. The molecular formula is C12H19N3. The van der Waals surface area contributed by atoms with Gasteiger partial charge in [-0.3, -0.25) is 4.99 Å². The molecule has 3 nitrogen and oxygen atoms in total. The zero-order valence-electron chi connectivity index (χ0n) is 9.86. The summed E-state index contributed by atoms with van der Waals surface area (Å²) in [6.07, 6.45) is 1.82. The Labute approximate surface area is 91.6 Å². The molecule has 0 unspecified atom stereocenters. The number of rotatable bonds is 2. The maximum absolute atomic E-state index is 6.07. The van der Waals surface area contributed by atoms with Crippen molar-refractivity contribution >= 4 is 11.9 Å². The number of nitrogens with two attached hydrogens (primary N) is 1. The molecule has 3 heteroatoms. The second-order valence-corrected chi connectivity index (χ2v) is 4.49. The predicted octanol–water partition coefficient (Wildman–Crippen LogP) is 2.21. The molecule has 0 amide bonds. The summed E-state index contributed by atoms with van der Waals surface area (Å²) in [5.74, 6) is 6.07. The highest BCUT2D eigenvalue weighted by atomic mass is 15.4. The molecule has 1 aromatic carbocycles. The summed E-state index contributed by atoms with van der Waals surface area (Å²) in [6.45, 7) is 6.23. The van der Waals surface area contributed by atoms with Crippen molar-refractivity contribution in [3.63, 3.8) is 0 Å². The van der Waals surface area contributed by atoms with Gasteiger partial charge in [0.15, 0.2) is 0 Å².